The zero-order valence-electron chi connectivity index (χ0n) is 22.7. The minimum absolute atomic E-state index is 0.0741. The number of hydrogen-bond donors (Lipinski definition) is 5. The van der Waals surface area contributed by atoms with Crippen molar-refractivity contribution in [1.82, 2.24) is 0 Å². The standard InChI is InChI=1S/C30H31NO9/c1-11-6-5-7-28(2,3)29(11)10-12-17-19(15(33)9-16(40-4)22(17)29)24(35)21-18(12)23(34)13-8-14(32)20(27(31)38)25(36)30(13,39)26(21)37/h9,11,13,32-33,35,39H,5-8,10H2,1-4H3,(H2,31,38)/t11?,13-,29+,30-/m1/s1. The maximum absolute atomic E-state index is 14.2. The molecule has 0 saturated heterocycles. The molecular formula is C30H31NO9. The summed E-state index contributed by atoms with van der Waals surface area (Å²) >= 11 is 0. The highest BCUT2D eigenvalue weighted by atomic mass is 16.5. The van der Waals surface area contributed by atoms with Gasteiger partial charge in [0.15, 0.2) is 5.78 Å². The van der Waals surface area contributed by atoms with E-state index in [1.807, 2.05) is 0 Å². The number of phenols is 2. The first-order chi connectivity index (χ1) is 18.7. The molecule has 10 nitrogen and oxygen atoms in total. The van der Waals surface area contributed by atoms with Gasteiger partial charge in [-0.1, -0.05) is 27.2 Å². The Balaban J connectivity index is 1.74. The number of carbonyl (C=O) groups is 4. The summed E-state index contributed by atoms with van der Waals surface area (Å²) in [5, 5.41) is 45.0. The highest BCUT2D eigenvalue weighted by molar-refractivity contribution is 6.38. The maximum atomic E-state index is 14.2. The number of primary amides is 1. The summed E-state index contributed by atoms with van der Waals surface area (Å²) in [4.78, 5) is 53.4. The molecular weight excluding hydrogens is 518 g/mol. The summed E-state index contributed by atoms with van der Waals surface area (Å²) in [5.74, 6) is -8.11. The fourth-order valence-corrected chi connectivity index (χ4v) is 8.42. The number of allylic oxidation sites excluding steroid dienone is 1. The van der Waals surface area contributed by atoms with Crippen molar-refractivity contribution < 1.29 is 44.3 Å². The molecule has 1 amide bonds. The van der Waals surface area contributed by atoms with Crippen molar-refractivity contribution in [1.29, 1.82) is 0 Å². The third-order valence-electron chi connectivity index (χ3n) is 10.4. The van der Waals surface area contributed by atoms with Crippen LogP contribution in [0.4, 0.5) is 0 Å². The van der Waals surface area contributed by atoms with Crippen LogP contribution >= 0.6 is 0 Å². The predicted octanol–water partition coefficient (Wildman–Crippen LogP) is 2.90. The maximum Gasteiger partial charge on any atom is 0.255 e. The van der Waals surface area contributed by atoms with E-state index in [0.29, 0.717) is 23.1 Å². The Morgan fingerprint density at radius 2 is 1.75 bits per heavy atom. The number of methoxy groups -OCH3 is 1. The summed E-state index contributed by atoms with van der Waals surface area (Å²) < 4.78 is 5.76. The highest BCUT2D eigenvalue weighted by Gasteiger charge is 2.65. The molecule has 40 heavy (non-hydrogen) atoms. The van der Waals surface area contributed by atoms with E-state index in [-0.39, 0.29) is 22.3 Å². The minimum atomic E-state index is -3.06. The molecule has 1 saturated carbocycles. The molecule has 0 aliphatic heterocycles. The third kappa shape index (κ3) is 2.72. The smallest absolute Gasteiger partial charge is 0.255 e. The Labute approximate surface area is 229 Å². The average molecular weight is 550 g/mol. The summed E-state index contributed by atoms with van der Waals surface area (Å²) in [7, 11) is 1.48. The number of rotatable bonds is 2. The van der Waals surface area contributed by atoms with Crippen molar-refractivity contribution in [2.45, 2.75) is 63.9 Å². The van der Waals surface area contributed by atoms with Crippen LogP contribution in [0.1, 0.15) is 78.3 Å². The summed E-state index contributed by atoms with van der Waals surface area (Å²) in [6, 6.07) is 1.38. The van der Waals surface area contributed by atoms with E-state index in [1.54, 1.807) is 0 Å². The van der Waals surface area contributed by atoms with Crippen LogP contribution in [0.5, 0.6) is 17.2 Å². The van der Waals surface area contributed by atoms with Gasteiger partial charge in [0.05, 0.1) is 24.0 Å². The lowest BCUT2D eigenvalue weighted by Crippen LogP contribution is -2.62. The number of Topliss-reactive ketones (excluding diaryl/α,β-unsaturated/α-hetero) is 3. The predicted molar refractivity (Wildman–Crippen MR) is 142 cm³/mol. The molecule has 2 aromatic carbocycles. The van der Waals surface area contributed by atoms with Gasteiger partial charge < -0.3 is 30.9 Å². The fraction of sp³-hybridized carbons (Fsp3) is 0.467. The van der Waals surface area contributed by atoms with E-state index in [1.165, 1.54) is 13.2 Å². The molecule has 210 valence electrons. The Kier molecular flexibility index (Phi) is 5.16. The zero-order chi connectivity index (χ0) is 29.3. The first kappa shape index (κ1) is 26.3. The molecule has 1 unspecified atom stereocenters. The van der Waals surface area contributed by atoms with E-state index >= 15 is 0 Å². The summed E-state index contributed by atoms with van der Waals surface area (Å²) in [6.45, 7) is 6.40. The molecule has 10 heteroatoms. The van der Waals surface area contributed by atoms with Gasteiger partial charge in [-0.05, 0) is 36.2 Å². The van der Waals surface area contributed by atoms with Crippen LogP contribution in [0.25, 0.3) is 10.8 Å². The van der Waals surface area contributed by atoms with Gasteiger partial charge in [0.1, 0.15) is 28.6 Å². The molecule has 1 spiro atoms. The lowest BCUT2D eigenvalue weighted by molar-refractivity contribution is -0.136. The molecule has 6 N–H and O–H groups in total. The van der Waals surface area contributed by atoms with Crippen LogP contribution in [-0.4, -0.2) is 56.4 Å². The number of fused-ring (bicyclic) bond motifs is 4. The van der Waals surface area contributed by atoms with Gasteiger partial charge in [-0.25, -0.2) is 0 Å². The van der Waals surface area contributed by atoms with E-state index in [9.17, 15) is 39.6 Å². The monoisotopic (exact) mass is 549 g/mol. The Morgan fingerprint density at radius 3 is 2.35 bits per heavy atom. The number of aromatic hydroxyl groups is 2. The van der Waals surface area contributed by atoms with E-state index in [2.05, 4.69) is 20.8 Å². The van der Waals surface area contributed by atoms with Gasteiger partial charge in [0, 0.05) is 34.4 Å². The summed E-state index contributed by atoms with van der Waals surface area (Å²) in [6.07, 6.45) is 2.37. The van der Waals surface area contributed by atoms with Crippen LogP contribution in [0.3, 0.4) is 0 Å². The van der Waals surface area contributed by atoms with Crippen LogP contribution in [-0.2, 0) is 21.4 Å². The second-order valence-electron chi connectivity index (χ2n) is 12.4. The molecule has 0 bridgehead atoms. The number of amides is 1. The topological polar surface area (TPSA) is 184 Å². The molecule has 0 heterocycles. The Bertz CT molecular complexity index is 1650. The fourth-order valence-electron chi connectivity index (χ4n) is 8.42. The molecule has 4 aliphatic rings. The Hall–Kier alpha value is -3.92. The van der Waals surface area contributed by atoms with Crippen molar-refractivity contribution in [3.63, 3.8) is 0 Å². The number of ether oxygens (including phenoxy) is 1. The second kappa shape index (κ2) is 7.84. The molecule has 2 aromatic rings. The van der Waals surface area contributed by atoms with Crippen LogP contribution in [0, 0.1) is 17.3 Å². The molecule has 4 atom stereocenters. The molecule has 6 rings (SSSR count). The van der Waals surface area contributed by atoms with Crippen LogP contribution < -0.4 is 10.5 Å². The SMILES string of the molecule is COc1cc(O)c2c(O)c3c(c4c2c1[C@]1(C4)C(C)CCCC1(C)C)C(=O)[C@H]1CC(O)=C(C(N)=O)C(=O)[C@@]1(O)C3=O. The lowest BCUT2D eigenvalue weighted by atomic mass is 9.50. The lowest BCUT2D eigenvalue weighted by Gasteiger charge is -2.53. The largest absolute Gasteiger partial charge is 0.511 e. The molecule has 1 fully saturated rings. The number of benzene rings is 2. The third-order valence-corrected chi connectivity index (χ3v) is 10.4. The van der Waals surface area contributed by atoms with Gasteiger partial charge in [0.2, 0.25) is 17.2 Å². The first-order valence-electron chi connectivity index (χ1n) is 13.4. The van der Waals surface area contributed by atoms with E-state index < -0.39 is 75.0 Å². The van der Waals surface area contributed by atoms with Gasteiger partial charge in [-0.3, -0.25) is 19.2 Å². The van der Waals surface area contributed by atoms with Crippen molar-refractivity contribution in [3.8, 4) is 17.2 Å². The number of ketones is 3. The minimum Gasteiger partial charge on any atom is -0.511 e. The van der Waals surface area contributed by atoms with Crippen molar-refractivity contribution in [2.75, 3.05) is 7.11 Å². The summed E-state index contributed by atoms with van der Waals surface area (Å²) in [5.41, 5.74) is 0.754. The zero-order valence-corrected chi connectivity index (χ0v) is 22.7. The number of nitrogens with two attached hydrogens (primary N) is 1. The number of aliphatic hydroxyl groups is 2. The molecule has 4 aliphatic carbocycles. The molecule has 0 aromatic heterocycles. The van der Waals surface area contributed by atoms with Gasteiger partial charge in [-0.2, -0.15) is 0 Å². The van der Waals surface area contributed by atoms with Crippen molar-refractivity contribution in [2.24, 2.45) is 23.0 Å². The van der Waals surface area contributed by atoms with Crippen molar-refractivity contribution in [3.05, 3.63) is 39.7 Å². The highest BCUT2D eigenvalue weighted by Crippen LogP contribution is 2.66. The average Bonchev–Trinajstić information content (AvgIpc) is 3.23. The quantitative estimate of drug-likeness (QED) is 0.277. The van der Waals surface area contributed by atoms with Crippen molar-refractivity contribution >= 4 is 34.0 Å². The normalized spacial score (nSPS) is 30.6. The van der Waals surface area contributed by atoms with Gasteiger partial charge in [-0.15, -0.1) is 0 Å². The first-order valence-corrected chi connectivity index (χ1v) is 13.4. The van der Waals surface area contributed by atoms with Gasteiger partial charge in [0.25, 0.3) is 5.91 Å². The van der Waals surface area contributed by atoms with Crippen LogP contribution in [0.2, 0.25) is 0 Å². The number of hydrogen-bond acceptors (Lipinski definition) is 9. The van der Waals surface area contributed by atoms with E-state index in [4.69, 9.17) is 10.5 Å². The van der Waals surface area contributed by atoms with Gasteiger partial charge >= 0.3 is 0 Å². The number of phenolic OH excluding ortho intramolecular Hbond substituents is 2. The van der Waals surface area contributed by atoms with Crippen LogP contribution in [0.15, 0.2) is 17.4 Å². The Morgan fingerprint density at radius 1 is 1.07 bits per heavy atom. The molecule has 0 radical (unpaired) electrons. The van der Waals surface area contributed by atoms with E-state index in [0.717, 1.165) is 24.8 Å². The number of carbonyl (C=O) groups excluding carboxylic acids is 4. The number of aliphatic hydroxyl groups excluding tert-OH is 1. The second-order valence-corrected chi connectivity index (χ2v) is 12.4.